The van der Waals surface area contributed by atoms with E-state index in [0.29, 0.717) is 18.2 Å². The van der Waals surface area contributed by atoms with Crippen LogP contribution in [0.2, 0.25) is 0 Å². The van der Waals surface area contributed by atoms with E-state index < -0.39 is 0 Å². The Bertz CT molecular complexity index is 772. The van der Waals surface area contributed by atoms with E-state index in [1.807, 2.05) is 12.1 Å². The molecule has 1 saturated heterocycles. The van der Waals surface area contributed by atoms with E-state index in [2.05, 4.69) is 47.1 Å². The van der Waals surface area contributed by atoms with Gasteiger partial charge in [-0.25, -0.2) is 0 Å². The molecule has 2 atom stereocenters. The molecule has 1 fully saturated rings. The predicted octanol–water partition coefficient (Wildman–Crippen LogP) is 1.78. The quantitative estimate of drug-likeness (QED) is 0.620. The second-order valence-electron chi connectivity index (χ2n) is 7.02. The maximum Gasteiger partial charge on any atom is 0.293 e. The third-order valence-electron chi connectivity index (χ3n) is 5.33. The van der Waals surface area contributed by atoms with Gasteiger partial charge in [0, 0.05) is 37.2 Å². The molecule has 2 amide bonds. The number of rotatable bonds is 7. The third kappa shape index (κ3) is 4.91. The number of thiophene rings is 1. The van der Waals surface area contributed by atoms with Crippen LogP contribution in [0.15, 0.2) is 41.8 Å². The van der Waals surface area contributed by atoms with E-state index in [4.69, 9.17) is 0 Å². The number of carbonyl (C=O) groups is 2. The van der Waals surface area contributed by atoms with E-state index in [-0.39, 0.29) is 11.8 Å². The van der Waals surface area contributed by atoms with Crippen molar-refractivity contribution in [3.8, 4) is 0 Å². The zero-order chi connectivity index (χ0) is 19.9. The van der Waals surface area contributed by atoms with Crippen molar-refractivity contribution < 1.29 is 14.5 Å². The lowest BCUT2D eigenvalue weighted by atomic mass is 10.2. The minimum Gasteiger partial charge on any atom is -0.372 e. The van der Waals surface area contributed by atoms with Gasteiger partial charge >= 0.3 is 0 Å². The molecule has 1 aromatic heterocycles. The van der Waals surface area contributed by atoms with Crippen LogP contribution in [0.1, 0.15) is 48.0 Å². The highest BCUT2D eigenvalue weighted by molar-refractivity contribution is 7.10. The van der Waals surface area contributed by atoms with Gasteiger partial charge in [-0.15, -0.1) is 11.3 Å². The lowest BCUT2D eigenvalue weighted by molar-refractivity contribution is -0.910. The second kappa shape index (κ2) is 9.71. The number of hydrogen-bond donors (Lipinski definition) is 3. The second-order valence-corrected chi connectivity index (χ2v) is 8.00. The highest BCUT2D eigenvalue weighted by Gasteiger charge is 2.32. The molecule has 28 heavy (non-hydrogen) atoms. The largest absolute Gasteiger partial charge is 0.372 e. The molecule has 0 saturated carbocycles. The highest BCUT2D eigenvalue weighted by Crippen LogP contribution is 2.23. The lowest BCUT2D eigenvalue weighted by Crippen LogP contribution is -3.11. The molecule has 3 N–H and O–H groups in total. The van der Waals surface area contributed by atoms with Crippen LogP contribution in [0.3, 0.4) is 0 Å². The zero-order valence-electron chi connectivity index (χ0n) is 16.5. The van der Waals surface area contributed by atoms with Crippen LogP contribution in [0.5, 0.6) is 0 Å². The maximum absolute atomic E-state index is 12.3. The monoisotopic (exact) mass is 401 g/mol. The number of likely N-dealkylation sites (tertiary alicyclic amines) is 1. The highest BCUT2D eigenvalue weighted by atomic mass is 32.1. The van der Waals surface area contributed by atoms with Crippen LogP contribution in [0, 0.1) is 0 Å². The summed E-state index contributed by atoms with van der Waals surface area (Å²) in [7, 11) is 0. The summed E-state index contributed by atoms with van der Waals surface area (Å²) in [6, 6.07) is 12.0. The Hall–Kier alpha value is -2.38. The van der Waals surface area contributed by atoms with Crippen LogP contribution in [0.4, 0.5) is 5.69 Å². The SMILES string of the molecule is CCN(CC)c1ccc(C(=O)NNC(=O)C[NH+]2CCC[C@H]2c2cccs2)cc1. The molecule has 2 heterocycles. The Morgan fingerprint density at radius 3 is 2.54 bits per heavy atom. The van der Waals surface area contributed by atoms with Gasteiger partial charge in [-0.1, -0.05) is 6.07 Å². The predicted molar refractivity (Wildman–Crippen MR) is 113 cm³/mol. The first kappa shape index (κ1) is 20.4. The fraction of sp³-hybridized carbons (Fsp3) is 0.429. The number of carbonyl (C=O) groups excluding carboxylic acids is 2. The molecule has 1 aliphatic rings. The number of nitrogens with zero attached hydrogens (tertiary/aromatic N) is 1. The van der Waals surface area contributed by atoms with E-state index in [9.17, 15) is 9.59 Å². The molecule has 1 aromatic carbocycles. The van der Waals surface area contributed by atoms with Gasteiger partial charge in [0.05, 0.1) is 11.4 Å². The molecular weight excluding hydrogens is 372 g/mol. The van der Waals surface area contributed by atoms with Crippen LogP contribution in [0.25, 0.3) is 0 Å². The summed E-state index contributed by atoms with van der Waals surface area (Å²) in [6.45, 7) is 7.39. The van der Waals surface area contributed by atoms with Gasteiger partial charge in [-0.2, -0.15) is 0 Å². The molecule has 7 heteroatoms. The van der Waals surface area contributed by atoms with Crippen molar-refractivity contribution in [2.75, 3.05) is 31.1 Å². The number of quaternary nitrogens is 1. The molecule has 0 aliphatic carbocycles. The van der Waals surface area contributed by atoms with Gasteiger partial charge in [-0.05, 0) is 49.6 Å². The van der Waals surface area contributed by atoms with Crippen molar-refractivity contribution >= 4 is 28.8 Å². The number of hydrazine groups is 1. The standard InChI is InChI=1S/C21H28N4O2S/c1-3-24(4-2)17-11-9-16(10-12-17)21(27)23-22-20(26)15-25-13-5-7-18(25)19-8-6-14-28-19/h6,8-12,14,18H,3-5,7,13,15H2,1-2H3,(H,22,26)(H,23,27)/p+1/t18-/m0/s1. The summed E-state index contributed by atoms with van der Waals surface area (Å²) in [4.78, 5) is 29.4. The van der Waals surface area contributed by atoms with Crippen molar-refractivity contribution in [1.82, 2.24) is 10.9 Å². The van der Waals surface area contributed by atoms with Crippen molar-refractivity contribution in [3.05, 3.63) is 52.2 Å². The molecule has 6 nitrogen and oxygen atoms in total. The lowest BCUT2D eigenvalue weighted by Gasteiger charge is -2.21. The average Bonchev–Trinajstić information content (AvgIpc) is 3.39. The van der Waals surface area contributed by atoms with Crippen LogP contribution in [-0.2, 0) is 4.79 Å². The molecule has 0 radical (unpaired) electrons. The smallest absolute Gasteiger partial charge is 0.293 e. The Labute approximate surface area is 170 Å². The first-order valence-corrected chi connectivity index (χ1v) is 10.8. The van der Waals surface area contributed by atoms with Crippen molar-refractivity contribution in [1.29, 1.82) is 0 Å². The molecule has 1 unspecified atom stereocenters. The molecule has 0 bridgehead atoms. The van der Waals surface area contributed by atoms with Gasteiger partial charge in [-0.3, -0.25) is 20.4 Å². The summed E-state index contributed by atoms with van der Waals surface area (Å²) >= 11 is 1.75. The fourth-order valence-electron chi connectivity index (χ4n) is 3.82. The minimum absolute atomic E-state index is 0.161. The fourth-order valence-corrected chi connectivity index (χ4v) is 4.74. The number of nitrogens with one attached hydrogen (secondary N) is 3. The van der Waals surface area contributed by atoms with Crippen molar-refractivity contribution in [2.24, 2.45) is 0 Å². The number of anilines is 1. The molecule has 3 rings (SSSR count). The summed E-state index contributed by atoms with van der Waals surface area (Å²) in [5, 5.41) is 2.08. The first-order chi connectivity index (χ1) is 13.6. The maximum atomic E-state index is 12.3. The van der Waals surface area contributed by atoms with Crippen molar-refractivity contribution in [2.45, 2.75) is 32.7 Å². The van der Waals surface area contributed by atoms with Crippen LogP contribution in [-0.4, -0.2) is 38.0 Å². The van der Waals surface area contributed by atoms with Gasteiger partial charge in [0.15, 0.2) is 6.54 Å². The number of benzene rings is 1. The molecular formula is C21H29N4O2S+. The van der Waals surface area contributed by atoms with Crippen molar-refractivity contribution in [3.63, 3.8) is 0 Å². The van der Waals surface area contributed by atoms with Gasteiger partial charge < -0.3 is 9.80 Å². The number of amides is 2. The Morgan fingerprint density at radius 1 is 1.14 bits per heavy atom. The Balaban J connectivity index is 1.49. The Morgan fingerprint density at radius 2 is 1.89 bits per heavy atom. The summed E-state index contributed by atoms with van der Waals surface area (Å²) in [5.41, 5.74) is 6.72. The zero-order valence-corrected chi connectivity index (χ0v) is 17.3. The topological polar surface area (TPSA) is 65.9 Å². The molecule has 2 aromatic rings. The van der Waals surface area contributed by atoms with Gasteiger partial charge in [0.25, 0.3) is 11.8 Å². The Kier molecular flexibility index (Phi) is 7.06. The molecule has 1 aliphatic heterocycles. The van der Waals surface area contributed by atoms with E-state index in [0.717, 1.165) is 38.2 Å². The van der Waals surface area contributed by atoms with E-state index >= 15 is 0 Å². The average molecular weight is 402 g/mol. The summed E-state index contributed by atoms with van der Waals surface area (Å²) < 4.78 is 0. The van der Waals surface area contributed by atoms with Gasteiger partial charge in [0.2, 0.25) is 0 Å². The third-order valence-corrected chi connectivity index (χ3v) is 6.32. The summed E-state index contributed by atoms with van der Waals surface area (Å²) in [5.74, 6) is -0.461. The van der Waals surface area contributed by atoms with Crippen LogP contribution >= 0.6 is 11.3 Å². The van der Waals surface area contributed by atoms with Crippen LogP contribution < -0.4 is 20.7 Å². The molecule has 0 spiro atoms. The first-order valence-electron chi connectivity index (χ1n) is 9.94. The summed E-state index contributed by atoms with van der Waals surface area (Å²) in [6.07, 6.45) is 2.23. The number of hydrogen-bond acceptors (Lipinski definition) is 4. The van der Waals surface area contributed by atoms with Gasteiger partial charge in [0.1, 0.15) is 6.04 Å². The minimum atomic E-state index is -0.300. The van der Waals surface area contributed by atoms with E-state index in [1.54, 1.807) is 23.5 Å². The van der Waals surface area contributed by atoms with E-state index in [1.165, 1.54) is 9.78 Å². The molecule has 150 valence electrons. The normalized spacial score (nSPS) is 18.6.